The number of aromatic hydroxyl groups is 1. The Balaban J connectivity index is 2.31. The smallest absolute Gasteiger partial charge is 0.180 e. The van der Waals surface area contributed by atoms with E-state index in [-0.39, 0.29) is 11.9 Å². The van der Waals surface area contributed by atoms with Crippen molar-refractivity contribution in [2.75, 3.05) is 7.11 Å². The number of benzene rings is 2. The van der Waals surface area contributed by atoms with Crippen molar-refractivity contribution in [1.82, 2.24) is 0 Å². The highest BCUT2D eigenvalue weighted by atomic mass is 35.5. The first kappa shape index (κ1) is 17.2. The Morgan fingerprint density at radius 3 is 2.70 bits per heavy atom. The van der Waals surface area contributed by atoms with Gasteiger partial charge in [-0.1, -0.05) is 30.7 Å². The summed E-state index contributed by atoms with van der Waals surface area (Å²) in [5.41, 5.74) is 1.24. The zero-order valence-corrected chi connectivity index (χ0v) is 14.2. The van der Waals surface area contributed by atoms with Gasteiger partial charge in [-0.05, 0) is 43.2 Å². The summed E-state index contributed by atoms with van der Waals surface area (Å²) in [5.74, 6) is 1.21. The van der Waals surface area contributed by atoms with Crippen LogP contribution in [0.15, 0.2) is 41.4 Å². The van der Waals surface area contributed by atoms with Crippen molar-refractivity contribution in [3.05, 3.63) is 47.0 Å². The zero-order chi connectivity index (χ0) is 16.8. The lowest BCUT2D eigenvalue weighted by molar-refractivity contribution is 0.208. The summed E-state index contributed by atoms with van der Waals surface area (Å²) in [6.07, 6.45) is 2.54. The van der Waals surface area contributed by atoms with Crippen LogP contribution < -0.4 is 9.47 Å². The van der Waals surface area contributed by atoms with Gasteiger partial charge < -0.3 is 14.6 Å². The number of nitrogens with zero attached hydrogens (tertiary/aromatic N) is 1. The van der Waals surface area contributed by atoms with E-state index in [1.807, 2.05) is 19.9 Å². The molecule has 0 spiro atoms. The Morgan fingerprint density at radius 2 is 2.04 bits per heavy atom. The molecule has 5 heteroatoms. The lowest BCUT2D eigenvalue weighted by atomic mass is 10.2. The van der Waals surface area contributed by atoms with Crippen molar-refractivity contribution in [3.63, 3.8) is 0 Å². The molecule has 122 valence electrons. The molecule has 0 unspecified atom stereocenters. The minimum absolute atomic E-state index is 0.0437. The van der Waals surface area contributed by atoms with Crippen LogP contribution in [0, 0.1) is 0 Å². The molecule has 1 N–H and O–H groups in total. The third-order valence-corrected chi connectivity index (χ3v) is 3.66. The number of aliphatic imine (C=N–C) groups is 1. The molecule has 2 rings (SSSR count). The van der Waals surface area contributed by atoms with Gasteiger partial charge in [-0.2, -0.15) is 0 Å². The molecule has 0 fully saturated rings. The second-order valence-electron chi connectivity index (χ2n) is 5.12. The van der Waals surface area contributed by atoms with Gasteiger partial charge in [0.05, 0.1) is 18.2 Å². The number of ether oxygens (including phenoxy) is 2. The van der Waals surface area contributed by atoms with Crippen LogP contribution >= 0.6 is 11.6 Å². The molecule has 0 amide bonds. The van der Waals surface area contributed by atoms with Crippen LogP contribution in [0.25, 0.3) is 0 Å². The second kappa shape index (κ2) is 7.88. The monoisotopic (exact) mass is 333 g/mol. The quantitative estimate of drug-likeness (QED) is 0.758. The van der Waals surface area contributed by atoms with Gasteiger partial charge in [0, 0.05) is 6.21 Å². The van der Waals surface area contributed by atoms with Crippen molar-refractivity contribution < 1.29 is 14.6 Å². The third-order valence-electron chi connectivity index (χ3n) is 3.38. The summed E-state index contributed by atoms with van der Waals surface area (Å²) < 4.78 is 11.2. The Kier molecular flexibility index (Phi) is 5.88. The molecule has 4 nitrogen and oxygen atoms in total. The summed E-state index contributed by atoms with van der Waals surface area (Å²) in [4.78, 5) is 4.27. The minimum Gasteiger partial charge on any atom is -0.506 e. The SMILES string of the molecule is CC[C@H](C)Oc1c(Cl)cc(C=Nc2ccccc2O)cc1OC. The van der Waals surface area contributed by atoms with Crippen molar-refractivity contribution in [2.24, 2.45) is 4.99 Å². The molecule has 1 atom stereocenters. The maximum absolute atomic E-state index is 9.73. The Hall–Kier alpha value is -2.20. The van der Waals surface area contributed by atoms with Crippen LogP contribution in [-0.4, -0.2) is 24.5 Å². The fourth-order valence-corrected chi connectivity index (χ4v) is 2.19. The highest BCUT2D eigenvalue weighted by molar-refractivity contribution is 6.32. The fraction of sp³-hybridized carbons (Fsp3) is 0.278. The molecule has 2 aromatic rings. The van der Waals surface area contributed by atoms with Crippen LogP contribution in [0.2, 0.25) is 5.02 Å². The standard InChI is InChI=1S/C18H20ClNO3/c1-4-12(2)23-18-14(19)9-13(10-17(18)22-3)11-20-15-7-5-6-8-16(15)21/h5-12,21H,4H2,1-3H3/t12-/m0/s1. The lowest BCUT2D eigenvalue weighted by Gasteiger charge is -2.17. The van der Waals surface area contributed by atoms with Crippen molar-refractivity contribution >= 4 is 23.5 Å². The van der Waals surface area contributed by atoms with Gasteiger partial charge >= 0.3 is 0 Å². The summed E-state index contributed by atoms with van der Waals surface area (Å²) in [5, 5.41) is 10.2. The van der Waals surface area contributed by atoms with Crippen LogP contribution in [0.1, 0.15) is 25.8 Å². The van der Waals surface area contributed by atoms with Gasteiger partial charge in [-0.3, -0.25) is 4.99 Å². The third kappa shape index (κ3) is 4.39. The average molecular weight is 334 g/mol. The number of phenolic OH excluding ortho intramolecular Hbond substituents is 1. The summed E-state index contributed by atoms with van der Waals surface area (Å²) in [6, 6.07) is 10.4. The molecule has 0 radical (unpaired) electrons. The first-order valence-electron chi connectivity index (χ1n) is 7.41. The van der Waals surface area contributed by atoms with E-state index in [0.717, 1.165) is 12.0 Å². The average Bonchev–Trinajstić information content (AvgIpc) is 2.55. The molecule has 0 aliphatic heterocycles. The number of phenols is 1. The Bertz CT molecular complexity index is 701. The molecule has 0 saturated carbocycles. The molecule has 0 heterocycles. The van der Waals surface area contributed by atoms with Crippen LogP contribution in [0.4, 0.5) is 5.69 Å². The lowest BCUT2D eigenvalue weighted by Crippen LogP contribution is -2.11. The topological polar surface area (TPSA) is 51.0 Å². The first-order chi connectivity index (χ1) is 11.0. The van der Waals surface area contributed by atoms with E-state index in [4.69, 9.17) is 21.1 Å². The van der Waals surface area contributed by atoms with Crippen molar-refractivity contribution in [2.45, 2.75) is 26.4 Å². The fourth-order valence-electron chi connectivity index (χ4n) is 1.93. The maximum Gasteiger partial charge on any atom is 0.180 e. The number of rotatable bonds is 6. The van der Waals surface area contributed by atoms with Gasteiger partial charge in [-0.15, -0.1) is 0 Å². The summed E-state index contributed by atoms with van der Waals surface area (Å²) >= 11 is 6.31. The minimum atomic E-state index is 0.0437. The van der Waals surface area contributed by atoms with E-state index >= 15 is 0 Å². The zero-order valence-electron chi connectivity index (χ0n) is 13.4. The molecule has 0 aliphatic carbocycles. The van der Waals surface area contributed by atoms with Crippen LogP contribution in [0.3, 0.4) is 0 Å². The first-order valence-corrected chi connectivity index (χ1v) is 7.79. The van der Waals surface area contributed by atoms with Crippen LogP contribution in [0.5, 0.6) is 17.2 Å². The van der Waals surface area contributed by atoms with Gasteiger partial charge in [0.2, 0.25) is 0 Å². The molecular weight excluding hydrogens is 314 g/mol. The highest BCUT2D eigenvalue weighted by Gasteiger charge is 2.14. The molecule has 0 aliphatic rings. The molecular formula is C18H20ClNO3. The Morgan fingerprint density at radius 1 is 1.30 bits per heavy atom. The number of para-hydroxylation sites is 2. The van der Waals surface area contributed by atoms with Crippen molar-refractivity contribution in [3.8, 4) is 17.2 Å². The van der Waals surface area contributed by atoms with E-state index in [1.54, 1.807) is 43.7 Å². The molecule has 0 aromatic heterocycles. The number of hydrogen-bond acceptors (Lipinski definition) is 4. The van der Waals surface area contributed by atoms with Crippen LogP contribution in [-0.2, 0) is 0 Å². The van der Waals surface area contributed by atoms with E-state index in [9.17, 15) is 5.11 Å². The normalized spacial score (nSPS) is 12.3. The summed E-state index contributed by atoms with van der Waals surface area (Å²) in [7, 11) is 1.57. The summed E-state index contributed by atoms with van der Waals surface area (Å²) in [6.45, 7) is 4.02. The Labute approximate surface area is 141 Å². The number of halogens is 1. The predicted octanol–water partition coefficient (Wildman–Crippen LogP) is 4.98. The van der Waals surface area contributed by atoms with E-state index in [2.05, 4.69) is 4.99 Å². The molecule has 2 aromatic carbocycles. The molecule has 23 heavy (non-hydrogen) atoms. The molecule has 0 saturated heterocycles. The number of hydrogen-bond donors (Lipinski definition) is 1. The van der Waals surface area contributed by atoms with Gasteiger partial charge in [-0.25, -0.2) is 0 Å². The predicted molar refractivity (Wildman–Crippen MR) is 93.7 cm³/mol. The highest BCUT2D eigenvalue weighted by Crippen LogP contribution is 2.37. The van der Waals surface area contributed by atoms with E-state index in [0.29, 0.717) is 22.2 Å². The van der Waals surface area contributed by atoms with Gasteiger partial charge in [0.25, 0.3) is 0 Å². The van der Waals surface area contributed by atoms with Crippen molar-refractivity contribution in [1.29, 1.82) is 0 Å². The maximum atomic E-state index is 9.73. The second-order valence-corrected chi connectivity index (χ2v) is 5.52. The van der Waals surface area contributed by atoms with Gasteiger partial charge in [0.15, 0.2) is 11.5 Å². The number of methoxy groups -OCH3 is 1. The van der Waals surface area contributed by atoms with E-state index < -0.39 is 0 Å². The largest absolute Gasteiger partial charge is 0.506 e. The van der Waals surface area contributed by atoms with Gasteiger partial charge in [0.1, 0.15) is 11.4 Å². The van der Waals surface area contributed by atoms with E-state index in [1.165, 1.54) is 0 Å². The molecule has 0 bridgehead atoms.